The quantitative estimate of drug-likeness (QED) is 0.845. The third-order valence-corrected chi connectivity index (χ3v) is 5.71. The monoisotopic (exact) mass is 354 g/mol. The van der Waals surface area contributed by atoms with E-state index in [2.05, 4.69) is 4.98 Å². The minimum atomic E-state index is -0.0769. The first-order valence-corrected chi connectivity index (χ1v) is 9.55. The number of likely N-dealkylation sites (tertiary alicyclic amines) is 1. The number of rotatable bonds is 4. The lowest BCUT2D eigenvalue weighted by atomic mass is 9.73. The summed E-state index contributed by atoms with van der Waals surface area (Å²) in [5, 5.41) is 0.998. The Labute approximate surface area is 154 Å². The van der Waals surface area contributed by atoms with Crippen molar-refractivity contribution in [1.82, 2.24) is 9.88 Å². The molecule has 2 fully saturated rings. The molecule has 0 unspecified atom stereocenters. The van der Waals surface area contributed by atoms with E-state index >= 15 is 0 Å². The van der Waals surface area contributed by atoms with Crippen LogP contribution in [0.5, 0.6) is 0 Å². The molecule has 1 amide bonds. The molecule has 5 heteroatoms. The normalized spacial score (nSPS) is 25.9. The molecular weight excluding hydrogens is 328 g/mol. The summed E-state index contributed by atoms with van der Waals surface area (Å²) in [5.74, 6) is 0.0585. The van der Waals surface area contributed by atoms with Gasteiger partial charge in [0.05, 0.1) is 23.8 Å². The summed E-state index contributed by atoms with van der Waals surface area (Å²) in [6.45, 7) is 5.61. The largest absolute Gasteiger partial charge is 0.381 e. The minimum Gasteiger partial charge on any atom is -0.381 e. The molecule has 0 N–H and O–H groups in total. The number of hydrogen-bond acceptors (Lipinski definition) is 4. The number of hydrogen-bond donors (Lipinski definition) is 0. The Hall–Kier alpha value is -1.98. The van der Waals surface area contributed by atoms with Gasteiger partial charge >= 0.3 is 0 Å². The number of fused-ring (bicyclic) bond motifs is 2. The maximum atomic E-state index is 13.1. The molecule has 3 heterocycles. The molecule has 138 valence electrons. The second-order valence-corrected chi connectivity index (χ2v) is 7.39. The molecule has 2 aromatic rings. The van der Waals surface area contributed by atoms with E-state index in [9.17, 15) is 4.79 Å². The van der Waals surface area contributed by atoms with Crippen molar-refractivity contribution in [3.63, 3.8) is 0 Å². The maximum absolute atomic E-state index is 13.1. The van der Waals surface area contributed by atoms with E-state index in [1.54, 1.807) is 6.20 Å². The van der Waals surface area contributed by atoms with Gasteiger partial charge in [0.1, 0.15) is 0 Å². The van der Waals surface area contributed by atoms with Gasteiger partial charge in [0.2, 0.25) is 0 Å². The van der Waals surface area contributed by atoms with Gasteiger partial charge in [0, 0.05) is 43.3 Å². The zero-order valence-corrected chi connectivity index (χ0v) is 15.3. The Kier molecular flexibility index (Phi) is 4.92. The third kappa shape index (κ3) is 3.21. The second-order valence-electron chi connectivity index (χ2n) is 7.39. The summed E-state index contributed by atoms with van der Waals surface area (Å²) in [6.07, 6.45) is 4.85. The van der Waals surface area contributed by atoms with Gasteiger partial charge in [-0.2, -0.15) is 0 Å². The number of piperidine rings is 1. The van der Waals surface area contributed by atoms with E-state index in [4.69, 9.17) is 9.47 Å². The number of nitrogens with zero attached hydrogens (tertiary/aromatic N) is 2. The van der Waals surface area contributed by atoms with Crippen molar-refractivity contribution in [3.8, 4) is 0 Å². The summed E-state index contributed by atoms with van der Waals surface area (Å²) in [4.78, 5) is 19.6. The Morgan fingerprint density at radius 1 is 1.42 bits per heavy atom. The van der Waals surface area contributed by atoms with Crippen LogP contribution in [0, 0.1) is 5.41 Å². The van der Waals surface area contributed by atoms with Crippen LogP contribution >= 0.6 is 0 Å². The van der Waals surface area contributed by atoms with E-state index < -0.39 is 0 Å². The van der Waals surface area contributed by atoms with Crippen LogP contribution < -0.4 is 0 Å². The van der Waals surface area contributed by atoms with Crippen molar-refractivity contribution >= 4 is 16.8 Å². The SMILES string of the molecule is CCOC[C@@]12CCCO[C@H]1CCN(C(=O)c1cnc3ccccc3c1)C2. The van der Waals surface area contributed by atoms with Crippen LogP contribution in [0.2, 0.25) is 0 Å². The number of pyridine rings is 1. The number of aromatic nitrogens is 1. The number of carbonyl (C=O) groups excluding carboxylic acids is 1. The fourth-order valence-electron chi connectivity index (χ4n) is 4.35. The highest BCUT2D eigenvalue weighted by Crippen LogP contribution is 2.40. The van der Waals surface area contributed by atoms with E-state index in [1.807, 2.05) is 42.2 Å². The first-order chi connectivity index (χ1) is 12.7. The second kappa shape index (κ2) is 7.33. The lowest BCUT2D eigenvalue weighted by Crippen LogP contribution is -2.58. The topological polar surface area (TPSA) is 51.7 Å². The molecule has 2 aliphatic rings. The van der Waals surface area contributed by atoms with Gasteiger partial charge in [-0.3, -0.25) is 9.78 Å². The van der Waals surface area contributed by atoms with Crippen LogP contribution in [0.1, 0.15) is 36.5 Å². The van der Waals surface area contributed by atoms with Crippen molar-refractivity contribution in [1.29, 1.82) is 0 Å². The predicted octanol–water partition coefficient (Wildman–Crippen LogP) is 3.28. The van der Waals surface area contributed by atoms with E-state index in [0.29, 0.717) is 25.3 Å². The van der Waals surface area contributed by atoms with Gasteiger partial charge in [-0.05, 0) is 38.3 Å². The lowest BCUT2D eigenvalue weighted by Gasteiger charge is -2.50. The van der Waals surface area contributed by atoms with Crippen molar-refractivity contribution in [2.24, 2.45) is 5.41 Å². The zero-order chi connectivity index (χ0) is 18.0. The zero-order valence-electron chi connectivity index (χ0n) is 15.3. The Balaban J connectivity index is 1.57. The van der Waals surface area contributed by atoms with E-state index in [0.717, 1.165) is 43.3 Å². The van der Waals surface area contributed by atoms with Crippen molar-refractivity contribution < 1.29 is 14.3 Å². The molecular formula is C21H26N2O3. The average molecular weight is 354 g/mol. The predicted molar refractivity (Wildman–Crippen MR) is 100 cm³/mol. The molecule has 0 spiro atoms. The number of carbonyl (C=O) groups is 1. The van der Waals surface area contributed by atoms with Gasteiger partial charge in [-0.25, -0.2) is 0 Å². The van der Waals surface area contributed by atoms with Gasteiger partial charge in [-0.1, -0.05) is 18.2 Å². The first kappa shape index (κ1) is 17.4. The fraction of sp³-hybridized carbons (Fsp3) is 0.524. The summed E-state index contributed by atoms with van der Waals surface area (Å²) in [7, 11) is 0. The summed E-state index contributed by atoms with van der Waals surface area (Å²) in [5.41, 5.74) is 1.49. The molecule has 0 bridgehead atoms. The van der Waals surface area contributed by atoms with Gasteiger partial charge in [-0.15, -0.1) is 0 Å². The highest BCUT2D eigenvalue weighted by atomic mass is 16.5. The van der Waals surface area contributed by atoms with Crippen LogP contribution in [0.25, 0.3) is 10.9 Å². The number of benzene rings is 1. The molecule has 0 aliphatic carbocycles. The number of ether oxygens (including phenoxy) is 2. The van der Waals surface area contributed by atoms with E-state index in [-0.39, 0.29) is 17.4 Å². The molecule has 1 aromatic carbocycles. The number of amides is 1. The fourth-order valence-corrected chi connectivity index (χ4v) is 4.35. The van der Waals surface area contributed by atoms with E-state index in [1.165, 1.54) is 0 Å². The van der Waals surface area contributed by atoms with Gasteiger partial charge < -0.3 is 14.4 Å². The third-order valence-electron chi connectivity index (χ3n) is 5.71. The van der Waals surface area contributed by atoms with Crippen molar-refractivity contribution in [2.45, 2.75) is 32.3 Å². The first-order valence-electron chi connectivity index (χ1n) is 9.55. The number of para-hydroxylation sites is 1. The van der Waals surface area contributed by atoms with Crippen LogP contribution in [-0.4, -0.2) is 54.8 Å². The highest BCUT2D eigenvalue weighted by molar-refractivity contribution is 5.97. The molecule has 0 saturated carbocycles. The van der Waals surface area contributed by atoms with Gasteiger partial charge in [0.25, 0.3) is 5.91 Å². The standard InChI is InChI=1S/C21H26N2O3/c1-2-25-15-21-9-5-11-26-19(21)8-10-23(14-21)20(24)17-12-16-6-3-4-7-18(16)22-13-17/h3-4,6-7,12-13,19H,2,5,8-11,14-15H2,1H3/t19-,21-/m0/s1. The van der Waals surface area contributed by atoms with Crippen molar-refractivity contribution in [3.05, 3.63) is 42.1 Å². The summed E-state index contributed by atoms with van der Waals surface area (Å²) in [6, 6.07) is 9.84. The minimum absolute atomic E-state index is 0.0585. The van der Waals surface area contributed by atoms with Crippen LogP contribution in [0.3, 0.4) is 0 Å². The highest BCUT2D eigenvalue weighted by Gasteiger charge is 2.47. The molecule has 2 saturated heterocycles. The molecule has 2 atom stereocenters. The van der Waals surface area contributed by atoms with Crippen LogP contribution in [0.15, 0.2) is 36.5 Å². The molecule has 0 radical (unpaired) electrons. The molecule has 1 aromatic heterocycles. The van der Waals surface area contributed by atoms with Gasteiger partial charge in [0.15, 0.2) is 0 Å². The Bertz CT molecular complexity index is 794. The maximum Gasteiger partial charge on any atom is 0.255 e. The lowest BCUT2D eigenvalue weighted by molar-refractivity contribution is -0.146. The van der Waals surface area contributed by atoms with Crippen LogP contribution in [0.4, 0.5) is 0 Å². The molecule has 2 aliphatic heterocycles. The van der Waals surface area contributed by atoms with Crippen molar-refractivity contribution in [2.75, 3.05) is 32.9 Å². The average Bonchev–Trinajstić information content (AvgIpc) is 2.71. The Morgan fingerprint density at radius 3 is 3.19 bits per heavy atom. The summed E-state index contributed by atoms with van der Waals surface area (Å²) < 4.78 is 11.8. The molecule has 4 rings (SSSR count). The molecule has 5 nitrogen and oxygen atoms in total. The summed E-state index contributed by atoms with van der Waals surface area (Å²) >= 11 is 0. The van der Waals surface area contributed by atoms with Crippen LogP contribution in [-0.2, 0) is 9.47 Å². The molecule has 26 heavy (non-hydrogen) atoms. The Morgan fingerprint density at radius 2 is 2.31 bits per heavy atom. The smallest absolute Gasteiger partial charge is 0.255 e.